The first-order valence-corrected chi connectivity index (χ1v) is 9.64. The zero-order chi connectivity index (χ0) is 21.3. The molecule has 6 heteroatoms. The highest BCUT2D eigenvalue weighted by Crippen LogP contribution is 2.32. The number of carbonyl (C=O) groups is 1. The number of ether oxygens (including phenoxy) is 2. The second kappa shape index (κ2) is 10.1. The molecule has 0 fully saturated rings. The Balaban J connectivity index is 1.63. The molecular formula is C24H24N2O4. The van der Waals surface area contributed by atoms with E-state index in [0.717, 1.165) is 10.8 Å². The van der Waals surface area contributed by atoms with Gasteiger partial charge in [-0.15, -0.1) is 6.58 Å². The third-order valence-electron chi connectivity index (χ3n) is 4.35. The third-order valence-corrected chi connectivity index (χ3v) is 4.35. The van der Waals surface area contributed by atoms with Crippen LogP contribution in [0.1, 0.15) is 18.1 Å². The smallest absolute Gasteiger partial charge is 0.277 e. The molecule has 3 aromatic rings. The molecule has 0 saturated heterocycles. The van der Waals surface area contributed by atoms with E-state index < -0.39 is 0 Å². The molecule has 154 valence electrons. The van der Waals surface area contributed by atoms with Gasteiger partial charge in [-0.3, -0.25) is 4.79 Å². The van der Waals surface area contributed by atoms with E-state index in [1.807, 2.05) is 49.4 Å². The van der Waals surface area contributed by atoms with Gasteiger partial charge in [0, 0.05) is 10.9 Å². The van der Waals surface area contributed by atoms with Crippen LogP contribution in [0.4, 0.5) is 0 Å². The predicted octanol–water partition coefficient (Wildman–Crippen LogP) is 4.20. The number of fused-ring (bicyclic) bond motifs is 1. The molecule has 0 spiro atoms. The van der Waals surface area contributed by atoms with Gasteiger partial charge in [-0.25, -0.2) is 5.43 Å². The number of hydrazone groups is 1. The molecule has 0 aromatic heterocycles. The van der Waals surface area contributed by atoms with Crippen LogP contribution in [0.25, 0.3) is 10.8 Å². The quantitative estimate of drug-likeness (QED) is 0.318. The van der Waals surface area contributed by atoms with Crippen LogP contribution in [-0.4, -0.2) is 30.4 Å². The molecule has 0 radical (unpaired) electrons. The summed E-state index contributed by atoms with van der Waals surface area (Å²) in [6.45, 7) is 5.79. The molecule has 0 unspecified atom stereocenters. The molecule has 3 aromatic carbocycles. The van der Waals surface area contributed by atoms with Crippen LogP contribution in [0.2, 0.25) is 0 Å². The van der Waals surface area contributed by atoms with Gasteiger partial charge in [-0.2, -0.15) is 5.10 Å². The summed E-state index contributed by atoms with van der Waals surface area (Å²) in [6.07, 6.45) is 3.67. The van der Waals surface area contributed by atoms with E-state index in [2.05, 4.69) is 17.1 Å². The number of rotatable bonds is 9. The van der Waals surface area contributed by atoms with Crippen LogP contribution in [0, 0.1) is 0 Å². The number of benzene rings is 3. The van der Waals surface area contributed by atoms with Crippen LogP contribution in [-0.2, 0) is 11.2 Å². The minimum absolute atomic E-state index is 0.0847. The Morgan fingerprint density at radius 3 is 2.73 bits per heavy atom. The van der Waals surface area contributed by atoms with E-state index in [1.54, 1.807) is 18.2 Å². The Hall–Kier alpha value is -3.80. The standard InChI is InChI=1S/C24H24N2O4/c1-3-8-19-13-17(14-22(24(19)28)29-4-2)15-25-26-23(27)16-30-21-12-7-10-18-9-5-6-11-20(18)21/h3,5-7,9-15,28H,1,4,8,16H2,2H3,(H,26,27)/b25-15-. The average Bonchev–Trinajstić information content (AvgIpc) is 2.75. The Bertz CT molecular complexity index is 1070. The van der Waals surface area contributed by atoms with Crippen LogP contribution in [0.3, 0.4) is 0 Å². The van der Waals surface area contributed by atoms with Crippen molar-refractivity contribution in [3.8, 4) is 17.2 Å². The highest BCUT2D eigenvalue weighted by molar-refractivity contribution is 5.89. The van der Waals surface area contributed by atoms with E-state index in [4.69, 9.17) is 9.47 Å². The molecule has 2 N–H and O–H groups in total. The minimum atomic E-state index is -0.380. The highest BCUT2D eigenvalue weighted by Gasteiger charge is 2.10. The molecular weight excluding hydrogens is 380 g/mol. The summed E-state index contributed by atoms with van der Waals surface area (Å²) in [4.78, 5) is 12.1. The van der Waals surface area contributed by atoms with Crippen LogP contribution >= 0.6 is 0 Å². The summed E-state index contributed by atoms with van der Waals surface area (Å²) < 4.78 is 11.1. The van der Waals surface area contributed by atoms with Gasteiger partial charge < -0.3 is 14.6 Å². The number of carbonyl (C=O) groups excluding carboxylic acids is 1. The van der Waals surface area contributed by atoms with Crippen molar-refractivity contribution in [1.29, 1.82) is 0 Å². The van der Waals surface area contributed by atoms with E-state index >= 15 is 0 Å². The first kappa shape index (κ1) is 20.9. The maximum absolute atomic E-state index is 12.1. The van der Waals surface area contributed by atoms with Crippen molar-refractivity contribution >= 4 is 22.9 Å². The number of amides is 1. The molecule has 0 aliphatic rings. The molecule has 0 saturated carbocycles. The van der Waals surface area contributed by atoms with E-state index in [0.29, 0.717) is 35.7 Å². The molecule has 0 atom stereocenters. The molecule has 1 amide bonds. The van der Waals surface area contributed by atoms with Crippen molar-refractivity contribution in [3.05, 3.63) is 78.4 Å². The number of aromatic hydroxyl groups is 1. The summed E-state index contributed by atoms with van der Waals surface area (Å²) in [6, 6.07) is 16.9. The number of allylic oxidation sites excluding steroid dienone is 1. The van der Waals surface area contributed by atoms with Gasteiger partial charge in [0.1, 0.15) is 5.75 Å². The van der Waals surface area contributed by atoms with Gasteiger partial charge in [0.15, 0.2) is 18.1 Å². The zero-order valence-corrected chi connectivity index (χ0v) is 16.8. The predicted molar refractivity (Wildman–Crippen MR) is 118 cm³/mol. The SMILES string of the molecule is C=CCc1cc(/C=N\NC(=O)COc2cccc3ccccc23)cc(OCC)c1O. The Morgan fingerprint density at radius 2 is 1.93 bits per heavy atom. The number of phenols is 1. The molecule has 0 aliphatic heterocycles. The van der Waals surface area contributed by atoms with Gasteiger partial charge in [0.2, 0.25) is 0 Å². The van der Waals surface area contributed by atoms with E-state index in [9.17, 15) is 9.90 Å². The zero-order valence-electron chi connectivity index (χ0n) is 16.8. The number of hydrogen-bond acceptors (Lipinski definition) is 5. The van der Waals surface area contributed by atoms with Crippen molar-refractivity contribution < 1.29 is 19.4 Å². The van der Waals surface area contributed by atoms with Crippen LogP contribution in [0.15, 0.2) is 72.4 Å². The number of hydrogen-bond donors (Lipinski definition) is 2. The van der Waals surface area contributed by atoms with Crippen LogP contribution < -0.4 is 14.9 Å². The Morgan fingerprint density at radius 1 is 1.13 bits per heavy atom. The lowest BCUT2D eigenvalue weighted by Gasteiger charge is -2.11. The fourth-order valence-corrected chi connectivity index (χ4v) is 3.02. The highest BCUT2D eigenvalue weighted by atomic mass is 16.5. The maximum Gasteiger partial charge on any atom is 0.277 e. The summed E-state index contributed by atoms with van der Waals surface area (Å²) in [5.74, 6) is 0.709. The summed E-state index contributed by atoms with van der Waals surface area (Å²) in [7, 11) is 0. The van der Waals surface area contributed by atoms with Gasteiger partial charge in [0.25, 0.3) is 5.91 Å². The maximum atomic E-state index is 12.1. The fraction of sp³-hybridized carbons (Fsp3) is 0.167. The molecule has 0 heterocycles. The number of nitrogens with zero attached hydrogens (tertiary/aromatic N) is 1. The summed E-state index contributed by atoms with van der Waals surface area (Å²) in [5.41, 5.74) is 3.80. The molecule has 6 nitrogen and oxygen atoms in total. The monoisotopic (exact) mass is 404 g/mol. The van der Waals surface area contributed by atoms with Crippen LogP contribution in [0.5, 0.6) is 17.2 Å². The molecule has 0 bridgehead atoms. The topological polar surface area (TPSA) is 80.2 Å². The summed E-state index contributed by atoms with van der Waals surface area (Å²) in [5, 5.41) is 16.2. The van der Waals surface area contributed by atoms with Crippen molar-refractivity contribution in [2.24, 2.45) is 5.10 Å². The Kier molecular flexibility index (Phi) is 7.05. The average molecular weight is 404 g/mol. The number of phenolic OH excluding ortho intramolecular Hbond substituents is 1. The Labute approximate surface area is 175 Å². The van der Waals surface area contributed by atoms with Crippen molar-refractivity contribution in [2.75, 3.05) is 13.2 Å². The van der Waals surface area contributed by atoms with Crippen molar-refractivity contribution in [1.82, 2.24) is 5.43 Å². The van der Waals surface area contributed by atoms with Gasteiger partial charge >= 0.3 is 0 Å². The first-order valence-electron chi connectivity index (χ1n) is 9.64. The largest absolute Gasteiger partial charge is 0.504 e. The van der Waals surface area contributed by atoms with Gasteiger partial charge in [0.05, 0.1) is 12.8 Å². The van der Waals surface area contributed by atoms with Gasteiger partial charge in [-0.05, 0) is 42.5 Å². The molecule has 3 rings (SSSR count). The normalized spacial score (nSPS) is 10.8. The first-order chi connectivity index (χ1) is 14.6. The second-order valence-electron chi connectivity index (χ2n) is 6.51. The third kappa shape index (κ3) is 5.17. The second-order valence-corrected chi connectivity index (χ2v) is 6.51. The van der Waals surface area contributed by atoms with Gasteiger partial charge in [-0.1, -0.05) is 42.5 Å². The minimum Gasteiger partial charge on any atom is -0.504 e. The van der Waals surface area contributed by atoms with E-state index in [-0.39, 0.29) is 18.3 Å². The van der Waals surface area contributed by atoms with Crippen molar-refractivity contribution in [3.63, 3.8) is 0 Å². The van der Waals surface area contributed by atoms with E-state index in [1.165, 1.54) is 6.21 Å². The molecule has 0 aliphatic carbocycles. The lowest BCUT2D eigenvalue weighted by Crippen LogP contribution is -2.24. The van der Waals surface area contributed by atoms with Crippen molar-refractivity contribution in [2.45, 2.75) is 13.3 Å². The molecule has 30 heavy (non-hydrogen) atoms. The summed E-state index contributed by atoms with van der Waals surface area (Å²) >= 11 is 0. The lowest BCUT2D eigenvalue weighted by atomic mass is 10.1. The lowest BCUT2D eigenvalue weighted by molar-refractivity contribution is -0.123. The number of nitrogens with one attached hydrogen (secondary N) is 1. The fourth-order valence-electron chi connectivity index (χ4n) is 3.02.